The van der Waals surface area contributed by atoms with E-state index in [1.807, 2.05) is 43.3 Å². The van der Waals surface area contributed by atoms with Crippen LogP contribution in [0, 0.1) is 6.92 Å². The van der Waals surface area contributed by atoms with E-state index in [1.165, 1.54) is 18.3 Å². The molecule has 5 nitrogen and oxygen atoms in total. The van der Waals surface area contributed by atoms with Crippen molar-refractivity contribution >= 4 is 11.6 Å². The Balaban J connectivity index is 1.69. The van der Waals surface area contributed by atoms with Crippen molar-refractivity contribution in [2.45, 2.75) is 19.6 Å². The molecule has 0 aliphatic heterocycles. The van der Waals surface area contributed by atoms with E-state index in [0.717, 1.165) is 23.4 Å². The Morgan fingerprint density at radius 1 is 1.03 bits per heavy atom. The van der Waals surface area contributed by atoms with Gasteiger partial charge in [-0.2, -0.15) is 13.2 Å². The van der Waals surface area contributed by atoms with Crippen molar-refractivity contribution in [3.63, 3.8) is 0 Å². The predicted molar refractivity (Wildman–Crippen MR) is 109 cm³/mol. The van der Waals surface area contributed by atoms with Gasteiger partial charge in [-0.3, -0.25) is 4.79 Å². The fourth-order valence-corrected chi connectivity index (χ4v) is 2.83. The molecular formula is C22H21F3N4O. The highest BCUT2D eigenvalue weighted by atomic mass is 19.4. The van der Waals surface area contributed by atoms with Crippen molar-refractivity contribution in [1.82, 2.24) is 15.3 Å². The van der Waals surface area contributed by atoms with Crippen LogP contribution in [-0.4, -0.2) is 30.0 Å². The lowest BCUT2D eigenvalue weighted by Gasteiger charge is -2.13. The van der Waals surface area contributed by atoms with Crippen molar-refractivity contribution < 1.29 is 18.0 Å². The summed E-state index contributed by atoms with van der Waals surface area (Å²) in [5.74, 6) is -0.0554. The molecule has 0 fully saturated rings. The first-order valence-electron chi connectivity index (χ1n) is 9.21. The highest BCUT2D eigenvalue weighted by Crippen LogP contribution is 2.30. The molecule has 0 aliphatic rings. The Hall–Kier alpha value is -3.42. The molecule has 30 heavy (non-hydrogen) atoms. The third-order valence-corrected chi connectivity index (χ3v) is 4.60. The number of nitrogens with zero attached hydrogens (tertiary/aromatic N) is 3. The second-order valence-electron chi connectivity index (χ2n) is 7.01. The largest absolute Gasteiger partial charge is 0.416 e. The van der Waals surface area contributed by atoms with Gasteiger partial charge in [-0.1, -0.05) is 24.3 Å². The standard InChI is InChI=1S/C22H21F3N4O/c1-14-19(21(30)27-12-15-4-10-18(11-5-15)29(2)3)13-26-20(28-14)16-6-8-17(9-7-16)22(23,24)25/h4-11,13H,12H2,1-3H3,(H,27,30). The van der Waals surface area contributed by atoms with E-state index in [0.29, 0.717) is 23.4 Å². The maximum atomic E-state index is 12.7. The van der Waals surface area contributed by atoms with Gasteiger partial charge in [-0.05, 0) is 36.8 Å². The molecule has 8 heteroatoms. The molecule has 0 unspecified atom stereocenters. The Kier molecular flexibility index (Phi) is 6.05. The first kappa shape index (κ1) is 21.3. The molecule has 0 aliphatic carbocycles. The molecule has 1 aromatic heterocycles. The van der Waals surface area contributed by atoms with Gasteiger partial charge in [-0.15, -0.1) is 0 Å². The summed E-state index contributed by atoms with van der Waals surface area (Å²) in [4.78, 5) is 22.9. The minimum atomic E-state index is -4.40. The number of carbonyl (C=O) groups excluding carboxylic acids is 1. The van der Waals surface area contributed by atoms with Gasteiger partial charge in [0.15, 0.2) is 5.82 Å². The van der Waals surface area contributed by atoms with Crippen LogP contribution in [0.25, 0.3) is 11.4 Å². The number of aryl methyl sites for hydroxylation is 1. The number of aromatic nitrogens is 2. The van der Waals surface area contributed by atoms with Crippen molar-refractivity contribution in [2.75, 3.05) is 19.0 Å². The van der Waals surface area contributed by atoms with Gasteiger partial charge in [0.2, 0.25) is 0 Å². The summed E-state index contributed by atoms with van der Waals surface area (Å²) in [6.07, 6.45) is -3.01. The Bertz CT molecular complexity index is 1030. The van der Waals surface area contributed by atoms with Crippen LogP contribution in [0.2, 0.25) is 0 Å². The van der Waals surface area contributed by atoms with Gasteiger partial charge in [0.05, 0.1) is 16.8 Å². The second-order valence-corrected chi connectivity index (χ2v) is 7.01. The molecular weight excluding hydrogens is 393 g/mol. The highest BCUT2D eigenvalue weighted by Gasteiger charge is 2.30. The first-order chi connectivity index (χ1) is 14.1. The number of benzene rings is 2. The Morgan fingerprint density at radius 3 is 2.20 bits per heavy atom. The molecule has 1 amide bonds. The summed E-state index contributed by atoms with van der Waals surface area (Å²) < 4.78 is 38.1. The van der Waals surface area contributed by atoms with Crippen LogP contribution < -0.4 is 10.2 Å². The lowest BCUT2D eigenvalue weighted by molar-refractivity contribution is -0.137. The monoisotopic (exact) mass is 414 g/mol. The number of rotatable bonds is 5. The van der Waals surface area contributed by atoms with Crippen LogP contribution in [0.1, 0.15) is 27.2 Å². The molecule has 3 aromatic rings. The zero-order chi connectivity index (χ0) is 21.9. The minimum Gasteiger partial charge on any atom is -0.378 e. The zero-order valence-corrected chi connectivity index (χ0v) is 16.8. The van der Waals surface area contributed by atoms with E-state index in [1.54, 1.807) is 6.92 Å². The lowest BCUT2D eigenvalue weighted by atomic mass is 10.1. The predicted octanol–water partition coefficient (Wildman–Crippen LogP) is 4.47. The summed E-state index contributed by atoms with van der Waals surface area (Å²) in [6, 6.07) is 12.4. The van der Waals surface area contributed by atoms with Gasteiger partial charge in [0, 0.05) is 38.1 Å². The topological polar surface area (TPSA) is 58.1 Å². The molecule has 0 bridgehead atoms. The first-order valence-corrected chi connectivity index (χ1v) is 9.21. The molecule has 0 saturated carbocycles. The van der Waals surface area contributed by atoms with Crippen molar-refractivity contribution in [3.8, 4) is 11.4 Å². The van der Waals surface area contributed by atoms with Gasteiger partial charge in [0.25, 0.3) is 5.91 Å². The van der Waals surface area contributed by atoms with Crippen molar-refractivity contribution in [1.29, 1.82) is 0 Å². The fraction of sp³-hybridized carbons (Fsp3) is 0.227. The molecule has 156 valence electrons. The molecule has 3 rings (SSSR count). The number of hydrogen-bond acceptors (Lipinski definition) is 4. The summed E-state index contributed by atoms with van der Waals surface area (Å²) in [5.41, 5.74) is 2.48. The third kappa shape index (κ3) is 4.94. The van der Waals surface area contributed by atoms with E-state index in [4.69, 9.17) is 0 Å². The van der Waals surface area contributed by atoms with E-state index < -0.39 is 11.7 Å². The molecule has 0 atom stereocenters. The van der Waals surface area contributed by atoms with E-state index in [9.17, 15) is 18.0 Å². The highest BCUT2D eigenvalue weighted by molar-refractivity contribution is 5.95. The number of anilines is 1. The molecule has 0 spiro atoms. The van der Waals surface area contributed by atoms with Crippen molar-refractivity contribution in [2.24, 2.45) is 0 Å². The second kappa shape index (κ2) is 8.52. The molecule has 2 aromatic carbocycles. The molecule has 0 saturated heterocycles. The average Bonchev–Trinajstić information content (AvgIpc) is 2.71. The Labute approximate surface area is 172 Å². The summed E-state index contributed by atoms with van der Waals surface area (Å²) >= 11 is 0. The third-order valence-electron chi connectivity index (χ3n) is 4.60. The SMILES string of the molecule is Cc1nc(-c2ccc(C(F)(F)F)cc2)ncc1C(=O)NCc1ccc(N(C)C)cc1. The van der Waals surface area contributed by atoms with Crippen LogP contribution in [0.5, 0.6) is 0 Å². The Morgan fingerprint density at radius 2 is 1.67 bits per heavy atom. The van der Waals surface area contributed by atoms with E-state index >= 15 is 0 Å². The fourth-order valence-electron chi connectivity index (χ4n) is 2.83. The van der Waals surface area contributed by atoms with Gasteiger partial charge in [0.1, 0.15) is 0 Å². The van der Waals surface area contributed by atoms with Gasteiger partial charge in [-0.25, -0.2) is 9.97 Å². The maximum absolute atomic E-state index is 12.7. The number of amides is 1. The number of nitrogens with one attached hydrogen (secondary N) is 1. The number of carbonyl (C=O) groups is 1. The normalized spacial score (nSPS) is 11.3. The van der Waals surface area contributed by atoms with Crippen LogP contribution in [0.3, 0.4) is 0 Å². The quantitative estimate of drug-likeness (QED) is 0.670. The van der Waals surface area contributed by atoms with Crippen LogP contribution in [0.4, 0.5) is 18.9 Å². The summed E-state index contributed by atoms with van der Waals surface area (Å²) in [6.45, 7) is 2.02. The number of alkyl halides is 3. The van der Waals surface area contributed by atoms with Crippen LogP contribution >= 0.6 is 0 Å². The summed E-state index contributed by atoms with van der Waals surface area (Å²) in [5, 5.41) is 2.83. The maximum Gasteiger partial charge on any atom is 0.416 e. The van der Waals surface area contributed by atoms with Gasteiger partial charge < -0.3 is 10.2 Å². The van der Waals surface area contributed by atoms with Crippen LogP contribution in [-0.2, 0) is 12.7 Å². The zero-order valence-electron chi connectivity index (χ0n) is 16.8. The van der Waals surface area contributed by atoms with Crippen LogP contribution in [0.15, 0.2) is 54.7 Å². The molecule has 1 N–H and O–H groups in total. The number of halogens is 3. The number of hydrogen-bond donors (Lipinski definition) is 1. The molecule has 0 radical (unpaired) electrons. The smallest absolute Gasteiger partial charge is 0.378 e. The molecule has 1 heterocycles. The minimum absolute atomic E-state index is 0.261. The lowest BCUT2D eigenvalue weighted by Crippen LogP contribution is -2.24. The van der Waals surface area contributed by atoms with Gasteiger partial charge >= 0.3 is 6.18 Å². The average molecular weight is 414 g/mol. The van der Waals surface area contributed by atoms with Crippen molar-refractivity contribution in [3.05, 3.63) is 77.1 Å². The van der Waals surface area contributed by atoms with E-state index in [2.05, 4.69) is 15.3 Å². The van der Waals surface area contributed by atoms with E-state index in [-0.39, 0.29) is 11.7 Å². The summed E-state index contributed by atoms with van der Waals surface area (Å²) in [7, 11) is 3.90.